The molecule has 1 aromatic heterocycles. The highest BCUT2D eigenvalue weighted by Crippen LogP contribution is 2.27. The Labute approximate surface area is 83.4 Å². The maximum atomic E-state index is 9.11. The topological polar surface area (TPSA) is 58.0 Å². The van der Waals surface area contributed by atoms with Gasteiger partial charge in [-0.1, -0.05) is 0 Å². The summed E-state index contributed by atoms with van der Waals surface area (Å²) >= 11 is 0. The van der Waals surface area contributed by atoms with Crippen molar-refractivity contribution in [3.63, 3.8) is 0 Å². The van der Waals surface area contributed by atoms with Crippen LogP contribution >= 0.6 is 0 Å². The Hall–Kier alpha value is -1.16. The number of aliphatic hydroxyl groups is 1. The lowest BCUT2D eigenvalue weighted by Crippen LogP contribution is -2.33. The van der Waals surface area contributed by atoms with Gasteiger partial charge >= 0.3 is 0 Å². The molecule has 1 saturated carbocycles. The molecule has 2 rings (SSSR count). The number of aromatic nitrogens is 2. The highest BCUT2D eigenvalue weighted by atomic mass is 16.3. The Kier molecular flexibility index (Phi) is 2.63. The van der Waals surface area contributed by atoms with Crippen molar-refractivity contribution in [2.45, 2.75) is 25.9 Å². The van der Waals surface area contributed by atoms with Crippen molar-refractivity contribution >= 4 is 5.82 Å². The molecular formula is C10H15N3O. The molecule has 0 bridgehead atoms. The predicted molar refractivity (Wildman–Crippen MR) is 54.0 cm³/mol. The van der Waals surface area contributed by atoms with Gasteiger partial charge in [-0.15, -0.1) is 0 Å². The number of nitrogens with zero attached hydrogens (tertiary/aromatic N) is 2. The summed E-state index contributed by atoms with van der Waals surface area (Å²) in [6.07, 6.45) is 5.11. The third kappa shape index (κ3) is 2.01. The molecule has 1 aliphatic carbocycles. The molecule has 0 aromatic carbocycles. The first-order valence-corrected chi connectivity index (χ1v) is 4.95. The van der Waals surface area contributed by atoms with E-state index < -0.39 is 0 Å². The van der Waals surface area contributed by atoms with E-state index in [1.165, 1.54) is 0 Å². The van der Waals surface area contributed by atoms with Crippen LogP contribution in [0.3, 0.4) is 0 Å². The standard InChI is InChI=1S/C10H15N3O/c1-7-10(12-3-2-11-7)13-6-8-4-9(14)5-8/h2-3,8-9,14H,4-6H2,1H3,(H,12,13). The van der Waals surface area contributed by atoms with Gasteiger partial charge in [-0.05, 0) is 25.7 Å². The Morgan fingerprint density at radius 3 is 2.79 bits per heavy atom. The van der Waals surface area contributed by atoms with E-state index in [0.717, 1.165) is 30.9 Å². The van der Waals surface area contributed by atoms with E-state index in [2.05, 4.69) is 15.3 Å². The third-order valence-electron chi connectivity index (χ3n) is 2.65. The molecule has 0 radical (unpaired) electrons. The van der Waals surface area contributed by atoms with Gasteiger partial charge in [0.25, 0.3) is 0 Å². The lowest BCUT2D eigenvalue weighted by atomic mass is 9.82. The fraction of sp³-hybridized carbons (Fsp3) is 0.600. The highest BCUT2D eigenvalue weighted by molar-refractivity contribution is 5.38. The molecule has 1 heterocycles. The number of aryl methyl sites for hydroxylation is 1. The summed E-state index contributed by atoms with van der Waals surface area (Å²) in [5.74, 6) is 1.44. The minimum absolute atomic E-state index is 0.0789. The molecule has 1 aliphatic rings. The summed E-state index contributed by atoms with van der Waals surface area (Å²) in [6, 6.07) is 0. The quantitative estimate of drug-likeness (QED) is 0.751. The Morgan fingerprint density at radius 1 is 1.43 bits per heavy atom. The second kappa shape index (κ2) is 3.92. The number of aliphatic hydroxyl groups excluding tert-OH is 1. The minimum atomic E-state index is -0.0789. The number of anilines is 1. The first kappa shape index (κ1) is 9.40. The van der Waals surface area contributed by atoms with Crippen LogP contribution in [0.4, 0.5) is 5.82 Å². The summed E-state index contributed by atoms with van der Waals surface area (Å²) in [5, 5.41) is 12.4. The molecule has 0 unspecified atom stereocenters. The van der Waals surface area contributed by atoms with E-state index in [1.807, 2.05) is 6.92 Å². The molecule has 0 atom stereocenters. The van der Waals surface area contributed by atoms with Crippen LogP contribution in [0.5, 0.6) is 0 Å². The summed E-state index contributed by atoms with van der Waals surface area (Å²) in [5.41, 5.74) is 0.923. The van der Waals surface area contributed by atoms with Crippen LogP contribution in [0.2, 0.25) is 0 Å². The van der Waals surface area contributed by atoms with Crippen LogP contribution < -0.4 is 5.32 Å². The minimum Gasteiger partial charge on any atom is -0.393 e. The van der Waals surface area contributed by atoms with Gasteiger partial charge in [0.1, 0.15) is 5.82 Å². The molecule has 0 spiro atoms. The maximum Gasteiger partial charge on any atom is 0.147 e. The van der Waals surface area contributed by atoms with Crippen LogP contribution in [0.25, 0.3) is 0 Å². The molecule has 0 saturated heterocycles. The average Bonchev–Trinajstić information content (AvgIpc) is 2.13. The first-order chi connectivity index (χ1) is 6.75. The molecule has 14 heavy (non-hydrogen) atoms. The van der Waals surface area contributed by atoms with Gasteiger partial charge < -0.3 is 10.4 Å². The molecule has 0 amide bonds. The second-order valence-electron chi connectivity index (χ2n) is 3.86. The van der Waals surface area contributed by atoms with E-state index in [4.69, 9.17) is 5.11 Å². The number of nitrogens with one attached hydrogen (secondary N) is 1. The van der Waals surface area contributed by atoms with Crippen LogP contribution in [0.1, 0.15) is 18.5 Å². The summed E-state index contributed by atoms with van der Waals surface area (Å²) in [6.45, 7) is 2.82. The van der Waals surface area contributed by atoms with Gasteiger partial charge in [0.15, 0.2) is 0 Å². The van der Waals surface area contributed by atoms with E-state index in [-0.39, 0.29) is 6.10 Å². The van der Waals surface area contributed by atoms with Crippen molar-refractivity contribution in [3.05, 3.63) is 18.1 Å². The molecule has 4 nitrogen and oxygen atoms in total. The molecule has 2 N–H and O–H groups in total. The third-order valence-corrected chi connectivity index (χ3v) is 2.65. The van der Waals surface area contributed by atoms with Gasteiger partial charge in [-0.25, -0.2) is 4.98 Å². The molecule has 1 aromatic rings. The molecule has 1 fully saturated rings. The highest BCUT2D eigenvalue weighted by Gasteiger charge is 2.26. The van der Waals surface area contributed by atoms with Gasteiger partial charge in [-0.2, -0.15) is 0 Å². The lowest BCUT2D eigenvalue weighted by Gasteiger charge is -2.31. The predicted octanol–water partition coefficient (Wildman–Crippen LogP) is 0.968. The lowest BCUT2D eigenvalue weighted by molar-refractivity contribution is 0.0486. The van der Waals surface area contributed by atoms with E-state index in [9.17, 15) is 0 Å². The first-order valence-electron chi connectivity index (χ1n) is 4.95. The number of hydrogen-bond acceptors (Lipinski definition) is 4. The van der Waals surface area contributed by atoms with E-state index in [0.29, 0.717) is 5.92 Å². The number of hydrogen-bond donors (Lipinski definition) is 2. The van der Waals surface area contributed by atoms with Gasteiger partial charge in [0.2, 0.25) is 0 Å². The fourth-order valence-corrected chi connectivity index (χ4v) is 1.69. The van der Waals surface area contributed by atoms with Gasteiger partial charge in [0.05, 0.1) is 11.8 Å². The van der Waals surface area contributed by atoms with Crippen LogP contribution in [-0.2, 0) is 0 Å². The number of rotatable bonds is 3. The Morgan fingerprint density at radius 2 is 2.14 bits per heavy atom. The Balaban J connectivity index is 1.83. The zero-order valence-electron chi connectivity index (χ0n) is 8.27. The zero-order valence-corrected chi connectivity index (χ0v) is 8.27. The fourth-order valence-electron chi connectivity index (χ4n) is 1.69. The van der Waals surface area contributed by atoms with Crippen molar-refractivity contribution in [1.29, 1.82) is 0 Å². The van der Waals surface area contributed by atoms with E-state index in [1.54, 1.807) is 12.4 Å². The van der Waals surface area contributed by atoms with Crippen molar-refractivity contribution in [3.8, 4) is 0 Å². The van der Waals surface area contributed by atoms with Crippen LogP contribution in [0, 0.1) is 12.8 Å². The van der Waals surface area contributed by atoms with Crippen molar-refractivity contribution in [1.82, 2.24) is 9.97 Å². The van der Waals surface area contributed by atoms with Crippen LogP contribution in [-0.4, -0.2) is 27.7 Å². The largest absolute Gasteiger partial charge is 0.393 e. The molecule has 0 aliphatic heterocycles. The van der Waals surface area contributed by atoms with Crippen molar-refractivity contribution < 1.29 is 5.11 Å². The van der Waals surface area contributed by atoms with Gasteiger partial charge in [-0.3, -0.25) is 4.98 Å². The van der Waals surface area contributed by atoms with Crippen molar-refractivity contribution in [2.24, 2.45) is 5.92 Å². The normalized spacial score (nSPS) is 25.6. The SMILES string of the molecule is Cc1nccnc1NCC1CC(O)C1. The van der Waals surface area contributed by atoms with Crippen molar-refractivity contribution in [2.75, 3.05) is 11.9 Å². The second-order valence-corrected chi connectivity index (χ2v) is 3.86. The summed E-state index contributed by atoms with van der Waals surface area (Å²) < 4.78 is 0. The average molecular weight is 193 g/mol. The molecule has 4 heteroatoms. The maximum absolute atomic E-state index is 9.11. The monoisotopic (exact) mass is 193 g/mol. The smallest absolute Gasteiger partial charge is 0.147 e. The molecule has 76 valence electrons. The summed E-state index contributed by atoms with van der Waals surface area (Å²) in [7, 11) is 0. The van der Waals surface area contributed by atoms with Gasteiger partial charge in [0, 0.05) is 18.9 Å². The molecular weight excluding hydrogens is 178 g/mol. The zero-order chi connectivity index (χ0) is 9.97. The Bertz CT molecular complexity index is 310. The summed E-state index contributed by atoms with van der Waals surface area (Å²) in [4.78, 5) is 8.33. The van der Waals surface area contributed by atoms with Crippen LogP contribution in [0.15, 0.2) is 12.4 Å². The van der Waals surface area contributed by atoms with E-state index >= 15 is 0 Å².